The number of carbonyl (C=O) groups is 2. The molecule has 0 bridgehead atoms. The Labute approximate surface area is 227 Å². The third-order valence-electron chi connectivity index (χ3n) is 5.85. The van der Waals surface area contributed by atoms with Crippen molar-refractivity contribution in [2.45, 2.75) is 45.8 Å². The van der Waals surface area contributed by atoms with Gasteiger partial charge >= 0.3 is 0 Å². The van der Waals surface area contributed by atoms with E-state index < -0.39 is 23.4 Å². The largest absolute Gasteiger partial charge is 0.508 e. The summed E-state index contributed by atoms with van der Waals surface area (Å²) in [6.45, 7) is 7.31. The van der Waals surface area contributed by atoms with Crippen molar-refractivity contribution in [3.05, 3.63) is 83.9 Å². The van der Waals surface area contributed by atoms with Gasteiger partial charge in [-0.1, -0.05) is 48.0 Å². The molecular formula is C29H32N6O4. The molecule has 0 aliphatic rings. The van der Waals surface area contributed by atoms with E-state index in [-0.39, 0.29) is 12.3 Å². The molecule has 0 aliphatic heterocycles. The Kier molecular flexibility index (Phi) is 7.94. The Morgan fingerprint density at radius 1 is 1.05 bits per heavy atom. The van der Waals surface area contributed by atoms with E-state index in [4.69, 9.17) is 4.74 Å². The number of amides is 2. The molecule has 202 valence electrons. The van der Waals surface area contributed by atoms with Gasteiger partial charge in [-0.15, -0.1) is 10.2 Å². The van der Waals surface area contributed by atoms with Crippen molar-refractivity contribution in [3.8, 4) is 22.9 Å². The molecule has 0 radical (unpaired) electrons. The number of methoxy groups -OCH3 is 1. The first-order chi connectivity index (χ1) is 18.5. The van der Waals surface area contributed by atoms with Crippen molar-refractivity contribution in [1.29, 1.82) is 0 Å². The lowest BCUT2D eigenvalue weighted by molar-refractivity contribution is -0.128. The summed E-state index contributed by atoms with van der Waals surface area (Å²) in [7, 11) is 1.53. The van der Waals surface area contributed by atoms with E-state index in [1.807, 2.05) is 52.0 Å². The first-order valence-electron chi connectivity index (χ1n) is 12.5. The predicted octanol–water partition coefficient (Wildman–Crippen LogP) is 4.05. The highest BCUT2D eigenvalue weighted by Gasteiger charge is 2.35. The van der Waals surface area contributed by atoms with Crippen molar-refractivity contribution in [2.75, 3.05) is 12.0 Å². The lowest BCUT2D eigenvalue weighted by atomic mass is 10.0. The predicted molar refractivity (Wildman–Crippen MR) is 147 cm³/mol. The number of aromatic hydroxyl groups is 1. The van der Waals surface area contributed by atoms with Crippen LogP contribution >= 0.6 is 0 Å². The van der Waals surface area contributed by atoms with Gasteiger partial charge in [0.1, 0.15) is 24.1 Å². The van der Waals surface area contributed by atoms with E-state index in [9.17, 15) is 14.7 Å². The molecule has 10 heteroatoms. The average Bonchev–Trinajstić information content (AvgIpc) is 3.35. The number of carbonyl (C=O) groups excluding carboxylic acids is 2. The van der Waals surface area contributed by atoms with Crippen LogP contribution in [0.2, 0.25) is 0 Å². The van der Waals surface area contributed by atoms with Crippen molar-refractivity contribution >= 4 is 17.5 Å². The normalized spacial score (nSPS) is 12.0. The molecule has 0 saturated heterocycles. The van der Waals surface area contributed by atoms with E-state index >= 15 is 0 Å². The lowest BCUT2D eigenvalue weighted by Crippen LogP contribution is -2.50. The summed E-state index contributed by atoms with van der Waals surface area (Å²) < 4.78 is 5.39. The summed E-state index contributed by atoms with van der Waals surface area (Å²) >= 11 is 0. The van der Waals surface area contributed by atoms with Crippen molar-refractivity contribution < 1.29 is 19.4 Å². The number of ether oxygens (including phenoxy) is 1. The Morgan fingerprint density at radius 2 is 1.74 bits per heavy atom. The maximum atomic E-state index is 14.0. The maximum absolute atomic E-state index is 14.0. The van der Waals surface area contributed by atoms with Gasteiger partial charge in [0.05, 0.1) is 7.11 Å². The Balaban J connectivity index is 1.75. The molecule has 2 N–H and O–H groups in total. The van der Waals surface area contributed by atoms with Crippen LogP contribution in [0.4, 0.5) is 5.69 Å². The Bertz CT molecular complexity index is 1440. The minimum absolute atomic E-state index is 0.0448. The zero-order valence-corrected chi connectivity index (χ0v) is 22.6. The number of anilines is 1. The molecule has 0 aliphatic carbocycles. The second-order valence-corrected chi connectivity index (χ2v) is 10.2. The molecule has 2 amide bonds. The van der Waals surface area contributed by atoms with E-state index in [2.05, 4.69) is 20.7 Å². The van der Waals surface area contributed by atoms with Crippen LogP contribution < -0.4 is 15.0 Å². The number of hydrogen-bond acceptors (Lipinski definition) is 7. The van der Waals surface area contributed by atoms with Crippen molar-refractivity contribution in [3.63, 3.8) is 0 Å². The molecule has 0 unspecified atom stereocenters. The minimum atomic E-state index is -1.07. The number of hydrogen-bond donors (Lipinski definition) is 2. The van der Waals surface area contributed by atoms with Gasteiger partial charge in [0.2, 0.25) is 11.7 Å². The molecule has 4 rings (SSSR count). The van der Waals surface area contributed by atoms with Gasteiger partial charge < -0.3 is 15.2 Å². The minimum Gasteiger partial charge on any atom is -0.508 e. The van der Waals surface area contributed by atoms with Gasteiger partial charge in [-0.3, -0.25) is 14.5 Å². The molecule has 39 heavy (non-hydrogen) atoms. The number of aromatic nitrogens is 4. The number of rotatable bonds is 8. The summed E-state index contributed by atoms with van der Waals surface area (Å²) in [4.78, 5) is 30.3. The number of phenolic OH excluding ortho intramolecular Hbond substituents is 1. The Hall–Kier alpha value is -4.73. The fourth-order valence-electron chi connectivity index (χ4n) is 4.04. The number of nitrogens with zero attached hydrogens (tertiary/aromatic N) is 5. The molecule has 0 saturated carbocycles. The standard InChI is InChI=1S/C29H32N6O4/c1-19-9-11-21(12-10-19)27-31-33-34(32-27)18-25(37)35(22-7-6-8-24(17-22)39-5)26(28(38)30-29(2,3)4)20-13-15-23(36)16-14-20/h6-17,26,36H,18H2,1-5H3,(H,30,38)/t26-/m0/s1. The summed E-state index contributed by atoms with van der Waals surface area (Å²) in [6.07, 6.45) is 0. The van der Waals surface area contributed by atoms with Gasteiger partial charge in [-0.2, -0.15) is 4.80 Å². The van der Waals surface area contributed by atoms with E-state index in [0.717, 1.165) is 11.1 Å². The van der Waals surface area contributed by atoms with Crippen LogP contribution in [0.1, 0.15) is 37.9 Å². The second kappa shape index (κ2) is 11.3. The molecule has 1 heterocycles. The highest BCUT2D eigenvalue weighted by atomic mass is 16.5. The molecule has 0 fully saturated rings. The van der Waals surface area contributed by atoms with Crippen LogP contribution in [0.25, 0.3) is 11.4 Å². The first kappa shape index (κ1) is 27.3. The average molecular weight is 529 g/mol. The van der Waals surface area contributed by atoms with Crippen LogP contribution in [0.3, 0.4) is 0 Å². The summed E-state index contributed by atoms with van der Waals surface area (Å²) in [5.74, 6) is 0.112. The number of phenols is 1. The monoisotopic (exact) mass is 528 g/mol. The second-order valence-electron chi connectivity index (χ2n) is 10.2. The van der Waals surface area contributed by atoms with Crippen LogP contribution in [0.15, 0.2) is 72.8 Å². The lowest BCUT2D eigenvalue weighted by Gasteiger charge is -2.33. The van der Waals surface area contributed by atoms with Crippen LogP contribution in [0, 0.1) is 6.92 Å². The van der Waals surface area contributed by atoms with Gasteiger partial charge in [0, 0.05) is 22.9 Å². The third-order valence-corrected chi connectivity index (χ3v) is 5.85. The first-order valence-corrected chi connectivity index (χ1v) is 12.5. The molecule has 4 aromatic rings. The molecule has 1 atom stereocenters. The highest BCUT2D eigenvalue weighted by molar-refractivity contribution is 6.01. The molecule has 10 nitrogen and oxygen atoms in total. The number of nitrogens with one attached hydrogen (secondary N) is 1. The Morgan fingerprint density at radius 3 is 2.38 bits per heavy atom. The fraction of sp³-hybridized carbons (Fsp3) is 0.276. The van der Waals surface area contributed by atoms with Gasteiger partial charge in [-0.25, -0.2) is 0 Å². The third kappa shape index (κ3) is 6.78. The zero-order valence-electron chi connectivity index (χ0n) is 22.6. The maximum Gasteiger partial charge on any atom is 0.251 e. The van der Waals surface area contributed by atoms with Crippen LogP contribution in [-0.2, 0) is 16.1 Å². The summed E-state index contributed by atoms with van der Waals surface area (Å²) in [5, 5.41) is 25.4. The zero-order chi connectivity index (χ0) is 28.2. The van der Waals surface area contributed by atoms with Crippen molar-refractivity contribution in [1.82, 2.24) is 25.5 Å². The summed E-state index contributed by atoms with van der Waals surface area (Å²) in [6, 6.07) is 19.7. The van der Waals surface area contributed by atoms with E-state index in [1.165, 1.54) is 28.9 Å². The molecular weight excluding hydrogens is 496 g/mol. The fourth-order valence-corrected chi connectivity index (χ4v) is 4.04. The van der Waals surface area contributed by atoms with Crippen molar-refractivity contribution in [2.24, 2.45) is 0 Å². The molecule has 3 aromatic carbocycles. The quantitative estimate of drug-likeness (QED) is 0.354. The van der Waals surface area contributed by atoms with Gasteiger partial charge in [-0.05, 0) is 62.7 Å². The van der Waals surface area contributed by atoms with E-state index in [1.54, 1.807) is 36.4 Å². The van der Waals surface area contributed by atoms with E-state index in [0.29, 0.717) is 22.8 Å². The van der Waals surface area contributed by atoms with Crippen LogP contribution in [0.5, 0.6) is 11.5 Å². The molecule has 0 spiro atoms. The number of tetrazole rings is 1. The number of benzene rings is 3. The SMILES string of the molecule is COc1cccc(N(C(=O)Cn2nnc(-c3ccc(C)cc3)n2)[C@H](C(=O)NC(C)(C)C)c2ccc(O)cc2)c1. The van der Waals surface area contributed by atoms with Gasteiger partial charge in [0.15, 0.2) is 0 Å². The summed E-state index contributed by atoms with van der Waals surface area (Å²) in [5.41, 5.74) is 2.27. The topological polar surface area (TPSA) is 122 Å². The van der Waals surface area contributed by atoms with Gasteiger partial charge in [0.25, 0.3) is 5.91 Å². The highest BCUT2D eigenvalue weighted by Crippen LogP contribution is 2.32. The molecule has 1 aromatic heterocycles. The smallest absolute Gasteiger partial charge is 0.251 e. The number of aryl methyl sites for hydroxylation is 1. The van der Waals surface area contributed by atoms with Crippen LogP contribution in [-0.4, -0.2) is 49.8 Å².